The lowest BCUT2D eigenvalue weighted by Gasteiger charge is -2.45. The standard InChI is InChI=1S/C15H19BrO3/c1-15(2)11(16)7-10-13(18)12(17)8-5-3-4-6-9(8)14(10)19-15/h8-9,11H,3-7H2,1-2H3. The summed E-state index contributed by atoms with van der Waals surface area (Å²) in [6.45, 7) is 4.07. The van der Waals surface area contributed by atoms with Crippen molar-refractivity contribution in [3.05, 3.63) is 11.3 Å². The molecule has 3 aliphatic rings. The fourth-order valence-electron chi connectivity index (χ4n) is 3.51. The second-order valence-electron chi connectivity index (χ2n) is 6.41. The Morgan fingerprint density at radius 1 is 1.16 bits per heavy atom. The summed E-state index contributed by atoms with van der Waals surface area (Å²) in [6.07, 6.45) is 4.60. The number of carbonyl (C=O) groups is 2. The van der Waals surface area contributed by atoms with E-state index in [1.54, 1.807) is 0 Å². The first-order chi connectivity index (χ1) is 8.92. The summed E-state index contributed by atoms with van der Waals surface area (Å²) >= 11 is 3.58. The molecule has 3 unspecified atom stereocenters. The molecular weight excluding hydrogens is 308 g/mol. The van der Waals surface area contributed by atoms with E-state index in [0.29, 0.717) is 12.0 Å². The van der Waals surface area contributed by atoms with Gasteiger partial charge in [-0.3, -0.25) is 9.59 Å². The van der Waals surface area contributed by atoms with Crippen molar-refractivity contribution in [2.24, 2.45) is 11.8 Å². The van der Waals surface area contributed by atoms with E-state index in [9.17, 15) is 9.59 Å². The smallest absolute Gasteiger partial charge is 0.228 e. The molecule has 0 bridgehead atoms. The van der Waals surface area contributed by atoms with Gasteiger partial charge in [-0.05, 0) is 33.1 Å². The number of alkyl halides is 1. The summed E-state index contributed by atoms with van der Waals surface area (Å²) in [7, 11) is 0. The number of hydrogen-bond donors (Lipinski definition) is 0. The Morgan fingerprint density at radius 2 is 1.79 bits per heavy atom. The monoisotopic (exact) mass is 326 g/mol. The van der Waals surface area contributed by atoms with Crippen molar-refractivity contribution in [3.63, 3.8) is 0 Å². The molecule has 1 aliphatic heterocycles. The van der Waals surface area contributed by atoms with Gasteiger partial charge in [0.2, 0.25) is 11.6 Å². The van der Waals surface area contributed by atoms with E-state index in [0.717, 1.165) is 31.4 Å². The van der Waals surface area contributed by atoms with Crippen molar-refractivity contribution in [2.75, 3.05) is 0 Å². The molecule has 1 fully saturated rings. The average molecular weight is 327 g/mol. The number of rotatable bonds is 0. The largest absolute Gasteiger partial charge is 0.490 e. The molecule has 0 spiro atoms. The molecule has 104 valence electrons. The van der Waals surface area contributed by atoms with Crippen LogP contribution in [-0.2, 0) is 14.3 Å². The number of ether oxygens (including phenoxy) is 1. The lowest BCUT2D eigenvalue weighted by Crippen LogP contribution is -2.48. The van der Waals surface area contributed by atoms with E-state index in [1.807, 2.05) is 13.8 Å². The Kier molecular flexibility index (Phi) is 3.12. The summed E-state index contributed by atoms with van der Waals surface area (Å²) in [4.78, 5) is 24.6. The van der Waals surface area contributed by atoms with Gasteiger partial charge in [0.25, 0.3) is 0 Å². The SMILES string of the molecule is CC1(C)OC2=C(CC1Br)C(=O)C(=O)C1CCCCC21. The van der Waals surface area contributed by atoms with Crippen molar-refractivity contribution in [1.29, 1.82) is 0 Å². The van der Waals surface area contributed by atoms with Gasteiger partial charge >= 0.3 is 0 Å². The van der Waals surface area contributed by atoms with Gasteiger partial charge in [-0.25, -0.2) is 0 Å². The van der Waals surface area contributed by atoms with Gasteiger partial charge < -0.3 is 4.74 Å². The third kappa shape index (κ3) is 1.99. The molecule has 4 heteroatoms. The highest BCUT2D eigenvalue weighted by Crippen LogP contribution is 2.48. The molecule has 19 heavy (non-hydrogen) atoms. The molecule has 3 rings (SSSR count). The zero-order valence-electron chi connectivity index (χ0n) is 11.4. The molecule has 0 amide bonds. The highest BCUT2D eigenvalue weighted by atomic mass is 79.9. The van der Waals surface area contributed by atoms with E-state index in [1.165, 1.54) is 0 Å². The Labute approximate surface area is 121 Å². The van der Waals surface area contributed by atoms with E-state index in [4.69, 9.17) is 4.74 Å². The Balaban J connectivity index is 2.05. The van der Waals surface area contributed by atoms with Gasteiger partial charge in [0, 0.05) is 17.4 Å². The molecule has 3 nitrogen and oxygen atoms in total. The summed E-state index contributed by atoms with van der Waals surface area (Å²) in [5.41, 5.74) is 0.316. The first-order valence-corrected chi connectivity index (χ1v) is 7.98. The van der Waals surface area contributed by atoms with Gasteiger partial charge in [0.15, 0.2) is 0 Å². The number of fused-ring (bicyclic) bond motifs is 2. The van der Waals surface area contributed by atoms with Crippen molar-refractivity contribution < 1.29 is 14.3 Å². The maximum atomic E-state index is 12.3. The molecule has 0 radical (unpaired) electrons. The van der Waals surface area contributed by atoms with Crippen molar-refractivity contribution in [1.82, 2.24) is 0 Å². The molecule has 0 N–H and O–H groups in total. The van der Waals surface area contributed by atoms with Crippen molar-refractivity contribution >= 4 is 27.5 Å². The van der Waals surface area contributed by atoms with Crippen LogP contribution in [0.25, 0.3) is 0 Å². The van der Waals surface area contributed by atoms with E-state index in [-0.39, 0.29) is 33.8 Å². The van der Waals surface area contributed by atoms with Crippen LogP contribution < -0.4 is 0 Å². The first kappa shape index (κ1) is 13.3. The van der Waals surface area contributed by atoms with Crippen LogP contribution in [0.1, 0.15) is 46.0 Å². The van der Waals surface area contributed by atoms with Crippen LogP contribution in [0.3, 0.4) is 0 Å². The third-order valence-corrected chi connectivity index (χ3v) is 6.17. The van der Waals surface area contributed by atoms with Crippen LogP contribution in [-0.4, -0.2) is 22.0 Å². The lowest BCUT2D eigenvalue weighted by molar-refractivity contribution is -0.142. The topological polar surface area (TPSA) is 43.4 Å². The second kappa shape index (κ2) is 4.44. The Hall–Kier alpha value is -0.640. The minimum Gasteiger partial charge on any atom is -0.490 e. The Morgan fingerprint density at radius 3 is 2.47 bits per heavy atom. The number of ketones is 2. The van der Waals surface area contributed by atoms with Gasteiger partial charge in [-0.15, -0.1) is 0 Å². The van der Waals surface area contributed by atoms with Crippen molar-refractivity contribution in [2.45, 2.75) is 56.4 Å². The summed E-state index contributed by atoms with van der Waals surface area (Å²) in [5.74, 6) is 0.385. The number of halogens is 1. The molecule has 0 aromatic carbocycles. The average Bonchev–Trinajstić information content (AvgIpc) is 2.38. The fourth-order valence-corrected chi connectivity index (χ4v) is 3.93. The molecule has 1 saturated carbocycles. The molecule has 0 aromatic heterocycles. The van der Waals surface area contributed by atoms with Gasteiger partial charge in [0.1, 0.15) is 11.4 Å². The quantitative estimate of drug-likeness (QED) is 0.507. The van der Waals surface area contributed by atoms with Crippen LogP contribution in [0.2, 0.25) is 0 Å². The predicted octanol–water partition coefficient (Wildman–Crippen LogP) is 3.16. The van der Waals surface area contributed by atoms with E-state index >= 15 is 0 Å². The first-order valence-electron chi connectivity index (χ1n) is 7.06. The van der Waals surface area contributed by atoms with Crippen LogP contribution in [0, 0.1) is 11.8 Å². The molecule has 3 atom stereocenters. The highest BCUT2D eigenvalue weighted by molar-refractivity contribution is 9.09. The molecule has 1 heterocycles. The number of carbonyl (C=O) groups excluding carboxylic acids is 2. The van der Waals surface area contributed by atoms with Crippen LogP contribution in [0.5, 0.6) is 0 Å². The predicted molar refractivity (Wildman–Crippen MR) is 75.0 cm³/mol. The molecule has 0 saturated heterocycles. The summed E-state index contributed by atoms with van der Waals surface area (Å²) in [6, 6.07) is 0. The normalized spacial score (nSPS) is 37.5. The second-order valence-corrected chi connectivity index (χ2v) is 7.52. The molecule has 2 aliphatic carbocycles. The zero-order chi connectivity index (χ0) is 13.8. The minimum absolute atomic E-state index is 0.0793. The van der Waals surface area contributed by atoms with Crippen LogP contribution >= 0.6 is 15.9 Å². The highest BCUT2D eigenvalue weighted by Gasteiger charge is 2.50. The fraction of sp³-hybridized carbons (Fsp3) is 0.733. The number of hydrogen-bond acceptors (Lipinski definition) is 3. The lowest BCUT2D eigenvalue weighted by atomic mass is 9.68. The molecule has 0 aromatic rings. The van der Waals surface area contributed by atoms with Gasteiger partial charge in [0.05, 0.1) is 4.83 Å². The van der Waals surface area contributed by atoms with Crippen LogP contribution in [0.4, 0.5) is 0 Å². The maximum Gasteiger partial charge on any atom is 0.228 e. The van der Waals surface area contributed by atoms with E-state index < -0.39 is 0 Å². The number of allylic oxidation sites excluding steroid dienone is 2. The minimum atomic E-state index is -0.318. The van der Waals surface area contributed by atoms with Crippen LogP contribution in [0.15, 0.2) is 11.3 Å². The van der Waals surface area contributed by atoms with Gasteiger partial charge in [-0.2, -0.15) is 0 Å². The Bertz CT molecular complexity index is 478. The van der Waals surface area contributed by atoms with Crippen molar-refractivity contribution in [3.8, 4) is 0 Å². The third-order valence-electron chi connectivity index (χ3n) is 4.75. The zero-order valence-corrected chi connectivity index (χ0v) is 13.0. The molecular formula is C15H19BrO3. The summed E-state index contributed by atoms with van der Waals surface area (Å²) in [5, 5.41) is 0. The van der Waals surface area contributed by atoms with Gasteiger partial charge in [-0.1, -0.05) is 28.8 Å². The maximum absolute atomic E-state index is 12.3. The number of Topliss-reactive ketones (excluding diaryl/α,β-unsaturated/α-hetero) is 2. The van der Waals surface area contributed by atoms with E-state index in [2.05, 4.69) is 15.9 Å². The summed E-state index contributed by atoms with van der Waals surface area (Å²) < 4.78 is 6.14.